The summed E-state index contributed by atoms with van der Waals surface area (Å²) in [4.78, 5) is 0. The first-order valence-corrected chi connectivity index (χ1v) is 7.51. The molecule has 2 aromatic rings. The fourth-order valence-electron chi connectivity index (χ4n) is 2.49. The summed E-state index contributed by atoms with van der Waals surface area (Å²) in [5.41, 5.74) is 3.25. The Morgan fingerprint density at radius 2 is 2.19 bits per heavy atom. The number of halogens is 1. The SMILES string of the molecule is CCCNC(c1ccc(OC)c(C)c1)c1c(Cl)cnn1C. The first-order chi connectivity index (χ1) is 10.1. The molecule has 1 atom stereocenters. The molecule has 0 fully saturated rings. The van der Waals surface area contributed by atoms with E-state index in [9.17, 15) is 0 Å². The number of ether oxygens (including phenoxy) is 1. The number of hydrogen-bond acceptors (Lipinski definition) is 3. The summed E-state index contributed by atoms with van der Waals surface area (Å²) in [5, 5.41) is 8.48. The van der Waals surface area contributed by atoms with Gasteiger partial charge in [0.1, 0.15) is 5.75 Å². The minimum absolute atomic E-state index is 0.0227. The van der Waals surface area contributed by atoms with Gasteiger partial charge in [-0.1, -0.05) is 30.7 Å². The summed E-state index contributed by atoms with van der Waals surface area (Å²) in [6, 6.07) is 6.22. The minimum Gasteiger partial charge on any atom is -0.496 e. The molecule has 0 aliphatic rings. The number of rotatable bonds is 6. The molecule has 1 aromatic carbocycles. The average molecular weight is 308 g/mol. The van der Waals surface area contributed by atoms with Crippen LogP contribution in [0.2, 0.25) is 5.02 Å². The van der Waals surface area contributed by atoms with E-state index in [0.29, 0.717) is 5.02 Å². The quantitative estimate of drug-likeness (QED) is 0.888. The van der Waals surface area contributed by atoms with Gasteiger partial charge in [0.05, 0.1) is 30.1 Å². The van der Waals surface area contributed by atoms with Crippen LogP contribution in [-0.4, -0.2) is 23.4 Å². The standard InChI is InChI=1S/C16H22ClN3O/c1-5-8-18-15(16-13(17)10-19-20(16)3)12-6-7-14(21-4)11(2)9-12/h6-7,9-10,15,18H,5,8H2,1-4H3. The second-order valence-corrected chi connectivity index (χ2v) is 5.52. The molecule has 114 valence electrons. The van der Waals surface area contributed by atoms with Gasteiger partial charge < -0.3 is 10.1 Å². The van der Waals surface area contributed by atoms with Crippen molar-refractivity contribution in [2.24, 2.45) is 7.05 Å². The van der Waals surface area contributed by atoms with E-state index in [4.69, 9.17) is 16.3 Å². The smallest absolute Gasteiger partial charge is 0.121 e. The molecule has 1 aromatic heterocycles. The molecule has 0 saturated carbocycles. The molecule has 0 bridgehead atoms. The Morgan fingerprint density at radius 3 is 2.71 bits per heavy atom. The molecular weight excluding hydrogens is 286 g/mol. The molecule has 0 aliphatic carbocycles. The van der Waals surface area contributed by atoms with Gasteiger partial charge in [0.25, 0.3) is 0 Å². The molecule has 0 aliphatic heterocycles. The molecule has 4 nitrogen and oxygen atoms in total. The van der Waals surface area contributed by atoms with Crippen molar-refractivity contribution in [1.82, 2.24) is 15.1 Å². The third-order valence-electron chi connectivity index (χ3n) is 3.56. The van der Waals surface area contributed by atoms with Gasteiger partial charge in [-0.2, -0.15) is 5.10 Å². The molecule has 1 unspecified atom stereocenters. The maximum Gasteiger partial charge on any atom is 0.121 e. The van der Waals surface area contributed by atoms with Gasteiger partial charge >= 0.3 is 0 Å². The zero-order valence-electron chi connectivity index (χ0n) is 13.0. The van der Waals surface area contributed by atoms with Gasteiger partial charge in [-0.05, 0) is 37.1 Å². The number of benzene rings is 1. The van der Waals surface area contributed by atoms with E-state index in [2.05, 4.69) is 29.5 Å². The van der Waals surface area contributed by atoms with Crippen LogP contribution in [0.15, 0.2) is 24.4 Å². The van der Waals surface area contributed by atoms with E-state index in [1.54, 1.807) is 13.3 Å². The van der Waals surface area contributed by atoms with E-state index in [1.807, 2.05) is 24.7 Å². The molecule has 0 spiro atoms. The Morgan fingerprint density at radius 1 is 1.43 bits per heavy atom. The van der Waals surface area contributed by atoms with Gasteiger partial charge in [-0.25, -0.2) is 0 Å². The topological polar surface area (TPSA) is 39.1 Å². The van der Waals surface area contributed by atoms with Crippen molar-refractivity contribution in [3.05, 3.63) is 46.2 Å². The Balaban J connectivity index is 2.43. The third-order valence-corrected chi connectivity index (χ3v) is 3.85. The molecule has 0 amide bonds. The van der Waals surface area contributed by atoms with Crippen LogP contribution in [0.25, 0.3) is 0 Å². The average Bonchev–Trinajstić information content (AvgIpc) is 2.80. The fourth-order valence-corrected chi connectivity index (χ4v) is 2.76. The Kier molecular flexibility index (Phi) is 5.26. The summed E-state index contributed by atoms with van der Waals surface area (Å²) < 4.78 is 7.16. The molecule has 0 radical (unpaired) electrons. The normalized spacial score (nSPS) is 12.4. The summed E-state index contributed by atoms with van der Waals surface area (Å²) in [7, 11) is 3.60. The second kappa shape index (κ2) is 6.96. The zero-order chi connectivity index (χ0) is 15.4. The Hall–Kier alpha value is -1.52. The molecular formula is C16H22ClN3O. The van der Waals surface area contributed by atoms with Crippen LogP contribution >= 0.6 is 11.6 Å². The lowest BCUT2D eigenvalue weighted by atomic mass is 10.0. The fraction of sp³-hybridized carbons (Fsp3) is 0.438. The highest BCUT2D eigenvalue weighted by molar-refractivity contribution is 6.31. The highest BCUT2D eigenvalue weighted by atomic mass is 35.5. The minimum atomic E-state index is 0.0227. The highest BCUT2D eigenvalue weighted by Gasteiger charge is 2.21. The summed E-state index contributed by atoms with van der Waals surface area (Å²) >= 11 is 6.32. The van der Waals surface area contributed by atoms with Crippen molar-refractivity contribution >= 4 is 11.6 Å². The first-order valence-electron chi connectivity index (χ1n) is 7.13. The van der Waals surface area contributed by atoms with E-state index in [1.165, 1.54) is 0 Å². The van der Waals surface area contributed by atoms with E-state index in [0.717, 1.165) is 35.5 Å². The second-order valence-electron chi connectivity index (χ2n) is 5.12. The molecule has 2 rings (SSSR count). The largest absolute Gasteiger partial charge is 0.496 e. The van der Waals surface area contributed by atoms with E-state index >= 15 is 0 Å². The van der Waals surface area contributed by atoms with Crippen molar-refractivity contribution in [3.63, 3.8) is 0 Å². The number of methoxy groups -OCH3 is 1. The Labute approximate surface area is 131 Å². The summed E-state index contributed by atoms with van der Waals surface area (Å²) in [6.07, 6.45) is 2.75. The molecule has 5 heteroatoms. The van der Waals surface area contributed by atoms with Crippen LogP contribution in [0.4, 0.5) is 0 Å². The number of aromatic nitrogens is 2. The molecule has 21 heavy (non-hydrogen) atoms. The highest BCUT2D eigenvalue weighted by Crippen LogP contribution is 2.30. The van der Waals surface area contributed by atoms with Gasteiger partial charge in [0.2, 0.25) is 0 Å². The maximum atomic E-state index is 6.32. The lowest BCUT2D eigenvalue weighted by Gasteiger charge is -2.21. The summed E-state index contributed by atoms with van der Waals surface area (Å²) in [5.74, 6) is 0.893. The van der Waals surface area contributed by atoms with Crippen LogP contribution in [0.3, 0.4) is 0 Å². The molecule has 0 saturated heterocycles. The Bertz CT molecular complexity index is 590. The summed E-state index contributed by atoms with van der Waals surface area (Å²) in [6.45, 7) is 5.11. The van der Waals surface area contributed by atoms with Crippen LogP contribution in [0.1, 0.15) is 36.2 Å². The lowest BCUT2D eigenvalue weighted by molar-refractivity contribution is 0.411. The van der Waals surface area contributed by atoms with E-state index < -0.39 is 0 Å². The first kappa shape index (κ1) is 15.9. The van der Waals surface area contributed by atoms with Gasteiger partial charge in [0, 0.05) is 7.05 Å². The van der Waals surface area contributed by atoms with Crippen molar-refractivity contribution in [3.8, 4) is 5.75 Å². The lowest BCUT2D eigenvalue weighted by Crippen LogP contribution is -2.25. The number of hydrogen-bond donors (Lipinski definition) is 1. The van der Waals surface area contributed by atoms with Crippen LogP contribution < -0.4 is 10.1 Å². The van der Waals surface area contributed by atoms with Crippen LogP contribution in [0, 0.1) is 6.92 Å². The third kappa shape index (κ3) is 3.39. The van der Waals surface area contributed by atoms with Crippen molar-refractivity contribution in [2.75, 3.05) is 13.7 Å². The number of aryl methyl sites for hydroxylation is 2. The number of nitrogens with one attached hydrogen (secondary N) is 1. The predicted octanol–water partition coefficient (Wildman–Crippen LogP) is 3.48. The predicted molar refractivity (Wildman–Crippen MR) is 86.1 cm³/mol. The van der Waals surface area contributed by atoms with Crippen molar-refractivity contribution in [2.45, 2.75) is 26.3 Å². The van der Waals surface area contributed by atoms with Crippen LogP contribution in [0.5, 0.6) is 5.75 Å². The van der Waals surface area contributed by atoms with Gasteiger partial charge in [0.15, 0.2) is 0 Å². The number of nitrogens with zero attached hydrogens (tertiary/aromatic N) is 2. The van der Waals surface area contributed by atoms with Gasteiger partial charge in [-0.15, -0.1) is 0 Å². The monoisotopic (exact) mass is 307 g/mol. The van der Waals surface area contributed by atoms with E-state index in [-0.39, 0.29) is 6.04 Å². The maximum absolute atomic E-state index is 6.32. The zero-order valence-corrected chi connectivity index (χ0v) is 13.7. The van der Waals surface area contributed by atoms with Crippen molar-refractivity contribution in [1.29, 1.82) is 0 Å². The molecule has 1 heterocycles. The van der Waals surface area contributed by atoms with Gasteiger partial charge in [-0.3, -0.25) is 4.68 Å². The van der Waals surface area contributed by atoms with Crippen molar-refractivity contribution < 1.29 is 4.74 Å². The molecule has 1 N–H and O–H groups in total. The van der Waals surface area contributed by atoms with Crippen LogP contribution in [-0.2, 0) is 7.05 Å².